The van der Waals surface area contributed by atoms with Gasteiger partial charge >= 0.3 is 12.2 Å². The van der Waals surface area contributed by atoms with Crippen molar-refractivity contribution in [1.82, 2.24) is 4.98 Å². The van der Waals surface area contributed by atoms with Crippen molar-refractivity contribution in [3.63, 3.8) is 0 Å². The third kappa shape index (κ3) is 4.36. The number of nitrogens with two attached hydrogens (primary N) is 1. The highest BCUT2D eigenvalue weighted by Crippen LogP contribution is 2.29. The van der Waals surface area contributed by atoms with E-state index < -0.39 is 17.8 Å². The summed E-state index contributed by atoms with van der Waals surface area (Å²) >= 11 is 0. The van der Waals surface area contributed by atoms with Crippen molar-refractivity contribution in [3.8, 4) is 0 Å². The summed E-state index contributed by atoms with van der Waals surface area (Å²) in [6, 6.07) is 11.9. The summed E-state index contributed by atoms with van der Waals surface area (Å²) in [5.74, 6) is 0. The lowest BCUT2D eigenvalue weighted by Crippen LogP contribution is -2.36. The van der Waals surface area contributed by atoms with E-state index in [-0.39, 0.29) is 0 Å². The SMILES string of the molecule is NC(=O)N(CCCc1ccc(C(F)(F)F)cc1)c1cccc2ccncc12. The molecule has 3 rings (SSSR count). The Bertz CT molecular complexity index is 934. The lowest BCUT2D eigenvalue weighted by molar-refractivity contribution is -0.137. The number of hydrogen-bond donors (Lipinski definition) is 1. The van der Waals surface area contributed by atoms with Crippen molar-refractivity contribution in [1.29, 1.82) is 0 Å². The highest BCUT2D eigenvalue weighted by Gasteiger charge is 2.29. The van der Waals surface area contributed by atoms with E-state index in [9.17, 15) is 18.0 Å². The minimum atomic E-state index is -4.34. The highest BCUT2D eigenvalue weighted by molar-refractivity contribution is 6.02. The molecule has 0 spiro atoms. The van der Waals surface area contributed by atoms with Gasteiger partial charge in [0.25, 0.3) is 0 Å². The molecule has 0 aliphatic rings. The number of aryl methyl sites for hydroxylation is 1. The van der Waals surface area contributed by atoms with E-state index in [1.54, 1.807) is 18.5 Å². The van der Waals surface area contributed by atoms with E-state index >= 15 is 0 Å². The molecule has 0 unspecified atom stereocenters. The van der Waals surface area contributed by atoms with Crippen LogP contribution in [-0.4, -0.2) is 17.6 Å². The second-order valence-electron chi connectivity index (χ2n) is 6.16. The molecule has 140 valence electrons. The maximum Gasteiger partial charge on any atom is 0.416 e. The van der Waals surface area contributed by atoms with Gasteiger partial charge in [-0.15, -0.1) is 0 Å². The first kappa shape index (κ1) is 18.7. The van der Waals surface area contributed by atoms with Crippen LogP contribution < -0.4 is 10.6 Å². The van der Waals surface area contributed by atoms with E-state index in [2.05, 4.69) is 4.98 Å². The van der Waals surface area contributed by atoms with Gasteiger partial charge in [0.1, 0.15) is 0 Å². The Hall–Kier alpha value is -3.09. The monoisotopic (exact) mass is 373 g/mol. The fourth-order valence-corrected chi connectivity index (χ4v) is 2.98. The van der Waals surface area contributed by atoms with E-state index in [4.69, 9.17) is 5.73 Å². The lowest BCUT2D eigenvalue weighted by Gasteiger charge is -2.22. The number of hydrogen-bond acceptors (Lipinski definition) is 2. The van der Waals surface area contributed by atoms with Crippen LogP contribution in [0.4, 0.5) is 23.7 Å². The fraction of sp³-hybridized carbons (Fsp3) is 0.200. The average molecular weight is 373 g/mol. The predicted octanol–water partition coefficient (Wildman–Crippen LogP) is 4.77. The molecule has 3 aromatic rings. The van der Waals surface area contributed by atoms with Gasteiger partial charge in [0.2, 0.25) is 0 Å². The molecule has 1 aromatic heterocycles. The van der Waals surface area contributed by atoms with E-state index in [1.807, 2.05) is 18.2 Å². The summed E-state index contributed by atoms with van der Waals surface area (Å²) in [5, 5.41) is 1.75. The van der Waals surface area contributed by atoms with Crippen molar-refractivity contribution in [3.05, 3.63) is 72.1 Å². The summed E-state index contributed by atoms with van der Waals surface area (Å²) in [6.45, 7) is 0.352. The summed E-state index contributed by atoms with van der Waals surface area (Å²) in [4.78, 5) is 17.5. The van der Waals surface area contributed by atoms with Crippen molar-refractivity contribution in [2.75, 3.05) is 11.4 Å². The quantitative estimate of drug-likeness (QED) is 0.700. The van der Waals surface area contributed by atoms with Crippen molar-refractivity contribution >= 4 is 22.5 Å². The average Bonchev–Trinajstić information content (AvgIpc) is 2.64. The number of aromatic nitrogens is 1. The van der Waals surface area contributed by atoms with Gasteiger partial charge in [-0.05, 0) is 48.1 Å². The van der Waals surface area contributed by atoms with Crippen LogP contribution in [0.25, 0.3) is 10.8 Å². The zero-order valence-electron chi connectivity index (χ0n) is 14.4. The molecule has 1 heterocycles. The van der Waals surface area contributed by atoms with Crippen LogP contribution in [0.3, 0.4) is 0 Å². The smallest absolute Gasteiger partial charge is 0.351 e. The van der Waals surface area contributed by atoms with Crippen molar-refractivity contribution in [2.45, 2.75) is 19.0 Å². The molecule has 4 nitrogen and oxygen atoms in total. The fourth-order valence-electron chi connectivity index (χ4n) is 2.98. The summed E-state index contributed by atoms with van der Waals surface area (Å²) in [6.07, 6.45) is 0.0986. The first-order valence-corrected chi connectivity index (χ1v) is 8.42. The van der Waals surface area contributed by atoms with Gasteiger partial charge in [0.15, 0.2) is 0 Å². The largest absolute Gasteiger partial charge is 0.416 e. The minimum absolute atomic E-state index is 0.352. The Morgan fingerprint density at radius 1 is 1.07 bits per heavy atom. The first-order valence-electron chi connectivity index (χ1n) is 8.42. The Balaban J connectivity index is 1.71. The van der Waals surface area contributed by atoms with Crippen molar-refractivity contribution in [2.24, 2.45) is 5.73 Å². The molecule has 0 bridgehead atoms. The molecule has 27 heavy (non-hydrogen) atoms. The second-order valence-corrected chi connectivity index (χ2v) is 6.16. The minimum Gasteiger partial charge on any atom is -0.351 e. The Morgan fingerprint density at radius 3 is 2.48 bits per heavy atom. The van der Waals surface area contributed by atoms with Gasteiger partial charge < -0.3 is 5.73 Å². The van der Waals surface area contributed by atoms with E-state index in [0.717, 1.165) is 28.5 Å². The van der Waals surface area contributed by atoms with Gasteiger partial charge in [-0.1, -0.05) is 24.3 Å². The lowest BCUT2D eigenvalue weighted by atomic mass is 10.1. The van der Waals surface area contributed by atoms with Crippen LogP contribution in [0.2, 0.25) is 0 Å². The zero-order valence-corrected chi connectivity index (χ0v) is 14.4. The Morgan fingerprint density at radius 2 is 1.81 bits per heavy atom. The van der Waals surface area contributed by atoms with Crippen LogP contribution in [0, 0.1) is 0 Å². The molecule has 0 radical (unpaired) electrons. The van der Waals surface area contributed by atoms with Gasteiger partial charge in [-0.2, -0.15) is 13.2 Å². The number of primary amides is 1. The molecule has 0 saturated heterocycles. The van der Waals surface area contributed by atoms with Crippen LogP contribution in [0.5, 0.6) is 0 Å². The number of anilines is 1. The number of benzene rings is 2. The van der Waals surface area contributed by atoms with Gasteiger partial charge in [0.05, 0.1) is 11.3 Å². The maximum atomic E-state index is 12.6. The second kappa shape index (κ2) is 7.65. The maximum absolute atomic E-state index is 12.6. The molecule has 0 aliphatic carbocycles. The van der Waals surface area contributed by atoms with Crippen LogP contribution in [0.15, 0.2) is 60.9 Å². The van der Waals surface area contributed by atoms with Gasteiger partial charge in [-0.3, -0.25) is 9.88 Å². The van der Waals surface area contributed by atoms with Gasteiger partial charge in [-0.25, -0.2) is 4.79 Å². The molecule has 2 aromatic carbocycles. The standard InChI is InChI=1S/C20H18F3N3O/c21-20(22,23)16-8-6-14(7-9-16)3-2-12-26(19(24)27)18-5-1-4-15-10-11-25-13-17(15)18/h1,4-11,13H,2-3,12H2,(H2,24,27). The third-order valence-electron chi connectivity index (χ3n) is 4.35. The summed E-state index contributed by atoms with van der Waals surface area (Å²) in [7, 11) is 0. The third-order valence-corrected chi connectivity index (χ3v) is 4.35. The molecule has 2 N–H and O–H groups in total. The normalized spacial score (nSPS) is 11.5. The van der Waals surface area contributed by atoms with Crippen LogP contribution in [0.1, 0.15) is 17.5 Å². The van der Waals surface area contributed by atoms with Crippen LogP contribution in [-0.2, 0) is 12.6 Å². The number of amides is 2. The predicted molar refractivity (Wildman–Crippen MR) is 98.4 cm³/mol. The number of fused-ring (bicyclic) bond motifs is 1. The number of carbonyl (C=O) groups is 1. The molecule has 0 aliphatic heterocycles. The summed E-state index contributed by atoms with van der Waals surface area (Å²) in [5.41, 5.74) is 6.31. The number of alkyl halides is 3. The first-order chi connectivity index (χ1) is 12.9. The molecule has 0 fully saturated rings. The molecule has 7 heteroatoms. The highest BCUT2D eigenvalue weighted by atomic mass is 19.4. The van der Waals surface area contributed by atoms with E-state index in [0.29, 0.717) is 25.1 Å². The summed E-state index contributed by atoms with van der Waals surface area (Å²) < 4.78 is 37.9. The molecular formula is C20H18F3N3O. The topological polar surface area (TPSA) is 59.2 Å². The molecule has 0 atom stereocenters. The Labute approximate surface area is 154 Å². The Kier molecular flexibility index (Phi) is 5.30. The van der Waals surface area contributed by atoms with Crippen molar-refractivity contribution < 1.29 is 18.0 Å². The van der Waals surface area contributed by atoms with Gasteiger partial charge in [0, 0.05) is 24.3 Å². The number of nitrogens with zero attached hydrogens (tertiary/aromatic N) is 2. The number of rotatable bonds is 5. The zero-order chi connectivity index (χ0) is 19.4. The molecular weight excluding hydrogens is 355 g/mol. The van der Waals surface area contributed by atoms with Crippen LogP contribution >= 0.6 is 0 Å². The van der Waals surface area contributed by atoms with E-state index in [1.165, 1.54) is 17.0 Å². The number of urea groups is 1. The molecule has 2 amide bonds. The number of carbonyl (C=O) groups excluding carboxylic acids is 1. The number of halogens is 3. The number of pyridine rings is 1. The molecule has 0 saturated carbocycles.